The second-order valence-corrected chi connectivity index (χ2v) is 0.816. The summed E-state index contributed by atoms with van der Waals surface area (Å²) in [6.45, 7) is 10.5. The Morgan fingerprint density at radius 2 is 1.00 bits per heavy atom. The second-order valence-electron chi connectivity index (χ2n) is 0.816. The molecule has 3 radical (unpaired) electrons. The molecule has 0 aromatic carbocycles. The van der Waals surface area contributed by atoms with Crippen molar-refractivity contribution < 1.29 is 0 Å². The van der Waals surface area contributed by atoms with Crippen molar-refractivity contribution in [2.45, 2.75) is 13.8 Å². The fourth-order valence-corrected chi connectivity index (χ4v) is 0. The van der Waals surface area contributed by atoms with Crippen molar-refractivity contribution in [2.75, 3.05) is 0 Å². The Bertz CT molecular complexity index is 25.2. The van der Waals surface area contributed by atoms with E-state index in [9.17, 15) is 0 Å². The van der Waals surface area contributed by atoms with Crippen molar-refractivity contribution in [3.63, 3.8) is 0 Å². The van der Waals surface area contributed by atoms with Crippen LogP contribution in [0.4, 0.5) is 0 Å². The van der Waals surface area contributed by atoms with Crippen LogP contribution in [0.2, 0.25) is 0 Å². The zero-order valence-electron chi connectivity index (χ0n) is 5.02. The first-order valence-electron chi connectivity index (χ1n) is 1.97. The summed E-state index contributed by atoms with van der Waals surface area (Å²) in [6, 6.07) is 0. The van der Waals surface area contributed by atoms with E-state index in [2.05, 4.69) is 13.2 Å². The fraction of sp³-hybridized carbons (Fsp3) is 0.333. The van der Waals surface area contributed by atoms with Gasteiger partial charge in [-0.1, -0.05) is 12.2 Å². The van der Waals surface area contributed by atoms with Gasteiger partial charge >= 0.3 is 0 Å². The van der Waals surface area contributed by atoms with Crippen LogP contribution in [0.25, 0.3) is 0 Å². The largest absolute Gasteiger partial charge is 0.103 e. The monoisotopic (exact) mass is 293 g/mol. The molecule has 0 fully saturated rings. The van der Waals surface area contributed by atoms with Crippen LogP contribution in [0, 0.1) is 0 Å². The van der Waals surface area contributed by atoms with E-state index >= 15 is 0 Å². The molecule has 0 aliphatic heterocycles. The molecule has 0 nitrogen and oxygen atoms in total. The first kappa shape index (κ1) is 15.7. The average molecular weight is 293 g/mol. The van der Waals surface area contributed by atoms with E-state index in [1.165, 1.54) is 0 Å². The molecule has 1 heteroatoms. The molecule has 0 amide bonds. The van der Waals surface area contributed by atoms with Gasteiger partial charge in [0.1, 0.15) is 0 Å². The SMILES string of the molecule is C=CC.C=CC.[Bi]. The van der Waals surface area contributed by atoms with E-state index in [0.29, 0.717) is 0 Å². The summed E-state index contributed by atoms with van der Waals surface area (Å²) in [5, 5.41) is 0. The minimum Gasteiger partial charge on any atom is -0.103 e. The molecular weight excluding hydrogens is 281 g/mol. The Balaban J connectivity index is -0.0000000400. The third-order valence-corrected chi connectivity index (χ3v) is 0. The normalized spacial score (nSPS) is 3.71. The topological polar surface area (TPSA) is 0 Å². The summed E-state index contributed by atoms with van der Waals surface area (Å²) in [6.07, 6.45) is 3.50. The van der Waals surface area contributed by atoms with E-state index < -0.39 is 0 Å². The smallest absolute Gasteiger partial charge is 0 e. The molecule has 0 heterocycles. The molecule has 0 unspecified atom stereocenters. The Hall–Kier alpha value is 0.363. The number of allylic oxidation sites excluding steroid dienone is 2. The number of rotatable bonds is 0. The number of hydrogen-bond donors (Lipinski definition) is 0. The van der Waals surface area contributed by atoms with E-state index in [1.807, 2.05) is 13.8 Å². The van der Waals surface area contributed by atoms with Gasteiger partial charge in [-0.15, -0.1) is 13.2 Å². The van der Waals surface area contributed by atoms with Crippen molar-refractivity contribution in [3.05, 3.63) is 25.3 Å². The molecule has 0 aliphatic carbocycles. The molecule has 0 aromatic rings. The van der Waals surface area contributed by atoms with E-state index in [1.54, 1.807) is 12.2 Å². The summed E-state index contributed by atoms with van der Waals surface area (Å²) >= 11 is 0. The molecule has 7 heavy (non-hydrogen) atoms. The molecule has 0 N–H and O–H groups in total. The Labute approximate surface area is 65.4 Å². The van der Waals surface area contributed by atoms with Gasteiger partial charge in [-0.2, -0.15) is 0 Å². The van der Waals surface area contributed by atoms with Crippen LogP contribution in [0.1, 0.15) is 13.8 Å². The van der Waals surface area contributed by atoms with Gasteiger partial charge in [-0.25, -0.2) is 0 Å². The van der Waals surface area contributed by atoms with Crippen LogP contribution in [0.5, 0.6) is 0 Å². The van der Waals surface area contributed by atoms with Crippen molar-refractivity contribution in [1.29, 1.82) is 0 Å². The molecule has 0 saturated heterocycles. The maximum Gasteiger partial charge on any atom is 0 e. The number of hydrogen-bond acceptors (Lipinski definition) is 0. The van der Waals surface area contributed by atoms with Crippen molar-refractivity contribution in [1.82, 2.24) is 0 Å². The van der Waals surface area contributed by atoms with Crippen molar-refractivity contribution in [2.24, 2.45) is 0 Å². The third kappa shape index (κ3) is 919. The van der Waals surface area contributed by atoms with E-state index in [-0.39, 0.29) is 26.2 Å². The molecule has 0 spiro atoms. The first-order valence-corrected chi connectivity index (χ1v) is 1.97. The van der Waals surface area contributed by atoms with Gasteiger partial charge in [0.15, 0.2) is 0 Å². The predicted molar refractivity (Wildman–Crippen MR) is 37.5 cm³/mol. The van der Waals surface area contributed by atoms with E-state index in [4.69, 9.17) is 0 Å². The summed E-state index contributed by atoms with van der Waals surface area (Å²) in [7, 11) is 0. The zero-order chi connectivity index (χ0) is 5.41. The summed E-state index contributed by atoms with van der Waals surface area (Å²) in [4.78, 5) is 0. The quantitative estimate of drug-likeness (QED) is 0.473. The molecule has 0 aliphatic rings. The predicted octanol–water partition coefficient (Wildman–Crippen LogP) is 2.00. The molecule has 0 bridgehead atoms. The molecule has 0 rings (SSSR count). The van der Waals surface area contributed by atoms with Crippen LogP contribution >= 0.6 is 0 Å². The first-order chi connectivity index (χ1) is 2.83. The van der Waals surface area contributed by atoms with E-state index in [0.717, 1.165) is 0 Å². The molecule has 0 atom stereocenters. The average Bonchev–Trinajstić information content (AvgIpc) is 1.39. The summed E-state index contributed by atoms with van der Waals surface area (Å²) in [5.74, 6) is 0. The van der Waals surface area contributed by atoms with Crippen LogP contribution in [-0.4, -0.2) is 26.2 Å². The molecule has 0 saturated carbocycles. The third-order valence-electron chi connectivity index (χ3n) is 0. The Morgan fingerprint density at radius 1 is 1.00 bits per heavy atom. The molecule has 41 valence electrons. The van der Waals surface area contributed by atoms with Crippen LogP contribution in [0.15, 0.2) is 25.3 Å². The van der Waals surface area contributed by atoms with Gasteiger partial charge in [0, 0.05) is 26.2 Å². The standard InChI is InChI=1S/2C3H6.Bi/c2*1-3-2;/h2*3H,1H2,2H3;. The van der Waals surface area contributed by atoms with Crippen molar-refractivity contribution >= 4 is 26.2 Å². The Morgan fingerprint density at radius 3 is 1.00 bits per heavy atom. The fourth-order valence-electron chi connectivity index (χ4n) is 0. The van der Waals surface area contributed by atoms with Gasteiger partial charge in [0.2, 0.25) is 0 Å². The molecular formula is C6H12Bi. The van der Waals surface area contributed by atoms with Gasteiger partial charge in [0.25, 0.3) is 0 Å². The van der Waals surface area contributed by atoms with Gasteiger partial charge in [-0.05, 0) is 13.8 Å². The summed E-state index contributed by atoms with van der Waals surface area (Å²) < 4.78 is 0. The van der Waals surface area contributed by atoms with Gasteiger partial charge in [0.05, 0.1) is 0 Å². The minimum atomic E-state index is 0. The van der Waals surface area contributed by atoms with Crippen LogP contribution in [-0.2, 0) is 0 Å². The second kappa shape index (κ2) is 32.8. The van der Waals surface area contributed by atoms with Gasteiger partial charge < -0.3 is 0 Å². The minimum absolute atomic E-state index is 0. The van der Waals surface area contributed by atoms with Crippen LogP contribution in [0.3, 0.4) is 0 Å². The maximum atomic E-state index is 3.36. The van der Waals surface area contributed by atoms with Crippen LogP contribution < -0.4 is 0 Å². The zero-order valence-corrected chi connectivity index (χ0v) is 8.49. The Kier molecular flexibility index (Phi) is 73.3. The molecule has 0 aromatic heterocycles. The maximum absolute atomic E-state index is 3.36. The summed E-state index contributed by atoms with van der Waals surface area (Å²) in [5.41, 5.74) is 0. The van der Waals surface area contributed by atoms with Gasteiger partial charge in [-0.3, -0.25) is 0 Å². The van der Waals surface area contributed by atoms with Crippen molar-refractivity contribution in [3.8, 4) is 0 Å².